The van der Waals surface area contributed by atoms with Gasteiger partial charge in [-0.1, -0.05) is 37.3 Å². The number of nitrogens with one attached hydrogen (secondary N) is 1. The van der Waals surface area contributed by atoms with E-state index >= 15 is 0 Å². The average Bonchev–Trinajstić information content (AvgIpc) is 2.37. The van der Waals surface area contributed by atoms with Crippen molar-refractivity contribution in [2.24, 2.45) is 0 Å². The van der Waals surface area contributed by atoms with Crippen LogP contribution in [-0.2, 0) is 0 Å². The average molecular weight is 247 g/mol. The Morgan fingerprint density at radius 3 is 2.83 bits per heavy atom. The number of para-hydroxylation sites is 1. The van der Waals surface area contributed by atoms with Crippen molar-refractivity contribution >= 4 is 6.08 Å². The van der Waals surface area contributed by atoms with Crippen molar-refractivity contribution in [3.8, 4) is 5.75 Å². The standard InChI is InChI=1S/C16H25NO/c1-4-9-15-11-6-7-12-16(15)18-14(3)10-8-13-17-5-2/h4,6-7,9,11-12,14,17H,5,8,10,13H2,1-3H3/b9-4+. The van der Waals surface area contributed by atoms with Crippen LogP contribution < -0.4 is 10.1 Å². The maximum absolute atomic E-state index is 6.00. The minimum absolute atomic E-state index is 0.259. The van der Waals surface area contributed by atoms with E-state index in [1.165, 1.54) is 0 Å². The molecule has 100 valence electrons. The summed E-state index contributed by atoms with van der Waals surface area (Å²) in [7, 11) is 0. The van der Waals surface area contributed by atoms with Crippen molar-refractivity contribution in [1.82, 2.24) is 5.32 Å². The van der Waals surface area contributed by atoms with Crippen LogP contribution in [0, 0.1) is 0 Å². The lowest BCUT2D eigenvalue weighted by molar-refractivity contribution is 0.207. The fourth-order valence-electron chi connectivity index (χ4n) is 1.87. The van der Waals surface area contributed by atoms with Gasteiger partial charge in [0.2, 0.25) is 0 Å². The number of benzene rings is 1. The Balaban J connectivity index is 2.45. The summed E-state index contributed by atoms with van der Waals surface area (Å²) in [6.07, 6.45) is 6.62. The van der Waals surface area contributed by atoms with Crippen molar-refractivity contribution in [3.63, 3.8) is 0 Å². The van der Waals surface area contributed by atoms with Gasteiger partial charge in [0.1, 0.15) is 5.75 Å². The largest absolute Gasteiger partial charge is 0.490 e. The van der Waals surface area contributed by atoms with E-state index in [1.807, 2.05) is 31.2 Å². The summed E-state index contributed by atoms with van der Waals surface area (Å²) in [6.45, 7) is 8.41. The van der Waals surface area contributed by atoms with Crippen LogP contribution in [0.4, 0.5) is 0 Å². The van der Waals surface area contributed by atoms with Gasteiger partial charge >= 0.3 is 0 Å². The predicted octanol–water partition coefficient (Wildman–Crippen LogP) is 3.88. The fraction of sp³-hybridized carbons (Fsp3) is 0.500. The minimum Gasteiger partial charge on any atom is -0.490 e. The zero-order valence-electron chi connectivity index (χ0n) is 11.8. The Morgan fingerprint density at radius 2 is 2.11 bits per heavy atom. The maximum atomic E-state index is 6.00. The molecule has 0 aliphatic heterocycles. The highest BCUT2D eigenvalue weighted by molar-refractivity contribution is 5.56. The van der Waals surface area contributed by atoms with Crippen LogP contribution in [0.2, 0.25) is 0 Å². The second-order valence-corrected chi connectivity index (χ2v) is 4.46. The molecule has 0 bridgehead atoms. The van der Waals surface area contributed by atoms with Gasteiger partial charge in [0.25, 0.3) is 0 Å². The van der Waals surface area contributed by atoms with E-state index in [4.69, 9.17) is 4.74 Å². The summed E-state index contributed by atoms with van der Waals surface area (Å²) >= 11 is 0. The van der Waals surface area contributed by atoms with E-state index in [-0.39, 0.29) is 6.10 Å². The molecular weight excluding hydrogens is 222 g/mol. The Morgan fingerprint density at radius 1 is 1.33 bits per heavy atom. The molecule has 1 aromatic rings. The van der Waals surface area contributed by atoms with Gasteiger partial charge in [-0.3, -0.25) is 0 Å². The molecule has 2 nitrogen and oxygen atoms in total. The molecule has 1 rings (SSSR count). The van der Waals surface area contributed by atoms with Gasteiger partial charge in [-0.15, -0.1) is 0 Å². The SMILES string of the molecule is C/C=C/c1ccccc1OC(C)CCCNCC. The number of ether oxygens (including phenoxy) is 1. The molecule has 0 aliphatic carbocycles. The lowest BCUT2D eigenvalue weighted by Gasteiger charge is -2.16. The third-order valence-electron chi connectivity index (χ3n) is 2.81. The molecule has 0 saturated heterocycles. The lowest BCUT2D eigenvalue weighted by Crippen LogP contribution is -2.18. The number of allylic oxidation sites excluding steroid dienone is 1. The Kier molecular flexibility index (Phi) is 7.19. The predicted molar refractivity (Wildman–Crippen MR) is 79.0 cm³/mol. The van der Waals surface area contributed by atoms with Gasteiger partial charge in [0.15, 0.2) is 0 Å². The molecular formula is C16H25NO. The zero-order valence-corrected chi connectivity index (χ0v) is 11.8. The van der Waals surface area contributed by atoms with Crippen LogP contribution in [0.5, 0.6) is 5.75 Å². The van der Waals surface area contributed by atoms with Crippen molar-refractivity contribution < 1.29 is 4.74 Å². The van der Waals surface area contributed by atoms with Crippen molar-refractivity contribution in [2.75, 3.05) is 13.1 Å². The first-order chi connectivity index (χ1) is 8.77. The molecule has 0 heterocycles. The molecule has 0 aromatic heterocycles. The molecule has 1 N–H and O–H groups in total. The molecule has 1 aromatic carbocycles. The van der Waals surface area contributed by atoms with Gasteiger partial charge in [0.05, 0.1) is 6.10 Å². The van der Waals surface area contributed by atoms with Crippen LogP contribution in [0.15, 0.2) is 30.3 Å². The molecule has 0 fully saturated rings. The molecule has 0 aliphatic rings. The summed E-state index contributed by atoms with van der Waals surface area (Å²) < 4.78 is 6.00. The summed E-state index contributed by atoms with van der Waals surface area (Å²) in [4.78, 5) is 0. The van der Waals surface area contributed by atoms with Crippen LogP contribution in [0.3, 0.4) is 0 Å². The lowest BCUT2D eigenvalue weighted by atomic mass is 10.1. The molecule has 0 saturated carbocycles. The number of rotatable bonds is 8. The van der Waals surface area contributed by atoms with E-state index in [0.29, 0.717) is 0 Å². The summed E-state index contributed by atoms with van der Waals surface area (Å²) in [5, 5.41) is 3.33. The van der Waals surface area contributed by atoms with Gasteiger partial charge in [-0.2, -0.15) is 0 Å². The molecule has 18 heavy (non-hydrogen) atoms. The highest BCUT2D eigenvalue weighted by Crippen LogP contribution is 2.21. The number of hydrogen-bond acceptors (Lipinski definition) is 2. The van der Waals surface area contributed by atoms with Gasteiger partial charge in [-0.25, -0.2) is 0 Å². The Labute approximate surface area is 111 Å². The molecule has 0 spiro atoms. The van der Waals surface area contributed by atoms with E-state index in [1.54, 1.807) is 0 Å². The second kappa shape index (κ2) is 8.76. The Bertz CT molecular complexity index is 360. The highest BCUT2D eigenvalue weighted by Gasteiger charge is 2.06. The molecule has 0 radical (unpaired) electrons. The zero-order chi connectivity index (χ0) is 13.2. The molecule has 0 amide bonds. The summed E-state index contributed by atoms with van der Waals surface area (Å²) in [5.74, 6) is 0.978. The summed E-state index contributed by atoms with van der Waals surface area (Å²) in [6, 6.07) is 8.18. The van der Waals surface area contributed by atoms with E-state index in [9.17, 15) is 0 Å². The monoisotopic (exact) mass is 247 g/mol. The normalized spacial score (nSPS) is 12.8. The van der Waals surface area contributed by atoms with E-state index in [2.05, 4.69) is 31.3 Å². The smallest absolute Gasteiger partial charge is 0.126 e. The van der Waals surface area contributed by atoms with Crippen LogP contribution in [0.1, 0.15) is 39.2 Å². The third kappa shape index (κ3) is 5.37. The molecule has 1 unspecified atom stereocenters. The summed E-state index contributed by atoms with van der Waals surface area (Å²) in [5.41, 5.74) is 1.15. The number of hydrogen-bond donors (Lipinski definition) is 1. The topological polar surface area (TPSA) is 21.3 Å². The van der Waals surface area contributed by atoms with Gasteiger partial charge in [-0.05, 0) is 45.8 Å². The van der Waals surface area contributed by atoms with Crippen LogP contribution in [0.25, 0.3) is 6.08 Å². The first-order valence-electron chi connectivity index (χ1n) is 6.87. The van der Waals surface area contributed by atoms with E-state index < -0.39 is 0 Å². The van der Waals surface area contributed by atoms with E-state index in [0.717, 1.165) is 37.2 Å². The highest BCUT2D eigenvalue weighted by atomic mass is 16.5. The minimum atomic E-state index is 0.259. The van der Waals surface area contributed by atoms with Crippen molar-refractivity contribution in [1.29, 1.82) is 0 Å². The fourth-order valence-corrected chi connectivity index (χ4v) is 1.87. The Hall–Kier alpha value is -1.28. The molecule has 2 heteroatoms. The van der Waals surface area contributed by atoms with Crippen LogP contribution >= 0.6 is 0 Å². The first kappa shape index (κ1) is 14.8. The molecule has 1 atom stereocenters. The maximum Gasteiger partial charge on any atom is 0.126 e. The van der Waals surface area contributed by atoms with Crippen molar-refractivity contribution in [3.05, 3.63) is 35.9 Å². The van der Waals surface area contributed by atoms with Crippen molar-refractivity contribution in [2.45, 2.75) is 39.7 Å². The van der Waals surface area contributed by atoms with Gasteiger partial charge < -0.3 is 10.1 Å². The van der Waals surface area contributed by atoms with Gasteiger partial charge in [0, 0.05) is 5.56 Å². The first-order valence-corrected chi connectivity index (χ1v) is 6.87. The van der Waals surface area contributed by atoms with Crippen LogP contribution in [-0.4, -0.2) is 19.2 Å². The second-order valence-electron chi connectivity index (χ2n) is 4.46. The third-order valence-corrected chi connectivity index (χ3v) is 2.81. The quantitative estimate of drug-likeness (QED) is 0.704.